The molecule has 2 aromatic rings. The molecule has 0 radical (unpaired) electrons. The molecular weight excluding hydrogens is 413 g/mol. The van der Waals surface area contributed by atoms with E-state index in [1.165, 1.54) is 18.2 Å². The molecule has 3 amide bonds. The summed E-state index contributed by atoms with van der Waals surface area (Å²) in [5, 5.41) is 5.67. The molecule has 0 aliphatic carbocycles. The number of carbonyl (C=O) groups is 3. The third kappa shape index (κ3) is 6.13. The molecular formula is C24H28FN3O4. The molecule has 1 aliphatic rings. The Hall–Kier alpha value is -3.26. The van der Waals surface area contributed by atoms with E-state index in [9.17, 15) is 18.8 Å². The van der Waals surface area contributed by atoms with Gasteiger partial charge in [0.15, 0.2) is 0 Å². The van der Waals surface area contributed by atoms with Gasteiger partial charge in [0.25, 0.3) is 11.8 Å². The minimum Gasteiger partial charge on any atom is -0.383 e. The van der Waals surface area contributed by atoms with Gasteiger partial charge in [0.2, 0.25) is 5.91 Å². The van der Waals surface area contributed by atoms with Crippen molar-refractivity contribution >= 4 is 17.7 Å². The Kier molecular flexibility index (Phi) is 8.33. The number of benzene rings is 2. The SMILES string of the molecule is COCCNC(=O)C(NC(=O)c1ccccc1)C1CCN(C(=O)c2cccc(F)c2)CC1. The van der Waals surface area contributed by atoms with Crippen LogP contribution in [0.25, 0.3) is 0 Å². The molecule has 2 N–H and O–H groups in total. The number of nitrogens with one attached hydrogen (secondary N) is 2. The zero-order valence-electron chi connectivity index (χ0n) is 18.1. The first kappa shape index (κ1) is 23.4. The topological polar surface area (TPSA) is 87.7 Å². The van der Waals surface area contributed by atoms with Gasteiger partial charge >= 0.3 is 0 Å². The van der Waals surface area contributed by atoms with Crippen LogP contribution in [-0.4, -0.2) is 62.0 Å². The van der Waals surface area contributed by atoms with E-state index in [0.29, 0.717) is 50.2 Å². The van der Waals surface area contributed by atoms with Crippen LogP contribution in [0.1, 0.15) is 33.6 Å². The van der Waals surface area contributed by atoms with Crippen molar-refractivity contribution in [2.75, 3.05) is 33.4 Å². The molecule has 0 saturated carbocycles. The highest BCUT2D eigenvalue weighted by Crippen LogP contribution is 2.23. The third-order valence-electron chi connectivity index (χ3n) is 5.58. The number of hydrogen-bond acceptors (Lipinski definition) is 4. The second-order valence-electron chi connectivity index (χ2n) is 7.74. The standard InChI is InChI=1S/C24H28FN3O4/c1-32-15-12-26-23(30)21(27-22(29)18-6-3-2-4-7-18)17-10-13-28(14-11-17)24(31)19-8-5-9-20(25)16-19/h2-9,16-17,21H,10-15H2,1H3,(H,26,30)(H,27,29). The number of amides is 3. The van der Waals surface area contributed by atoms with Crippen LogP contribution < -0.4 is 10.6 Å². The van der Waals surface area contributed by atoms with Crippen molar-refractivity contribution in [3.8, 4) is 0 Å². The van der Waals surface area contributed by atoms with Crippen LogP contribution in [0.4, 0.5) is 4.39 Å². The van der Waals surface area contributed by atoms with E-state index < -0.39 is 11.9 Å². The number of ether oxygens (including phenoxy) is 1. The van der Waals surface area contributed by atoms with Crippen molar-refractivity contribution in [3.05, 3.63) is 71.5 Å². The highest BCUT2D eigenvalue weighted by atomic mass is 19.1. The Morgan fingerprint density at radius 2 is 1.75 bits per heavy atom. The van der Waals surface area contributed by atoms with Crippen molar-refractivity contribution < 1.29 is 23.5 Å². The Morgan fingerprint density at radius 1 is 1.06 bits per heavy atom. The zero-order chi connectivity index (χ0) is 22.9. The summed E-state index contributed by atoms with van der Waals surface area (Å²) in [5.41, 5.74) is 0.774. The first-order chi connectivity index (χ1) is 15.5. The molecule has 8 heteroatoms. The lowest BCUT2D eigenvalue weighted by atomic mass is 9.88. The maximum Gasteiger partial charge on any atom is 0.253 e. The number of carbonyl (C=O) groups excluding carboxylic acids is 3. The second-order valence-corrected chi connectivity index (χ2v) is 7.74. The zero-order valence-corrected chi connectivity index (χ0v) is 18.1. The van der Waals surface area contributed by atoms with Crippen molar-refractivity contribution in [1.29, 1.82) is 0 Å². The van der Waals surface area contributed by atoms with Crippen molar-refractivity contribution in [3.63, 3.8) is 0 Å². The van der Waals surface area contributed by atoms with Crippen molar-refractivity contribution in [1.82, 2.24) is 15.5 Å². The molecule has 32 heavy (non-hydrogen) atoms. The van der Waals surface area contributed by atoms with Crippen LogP contribution in [0, 0.1) is 11.7 Å². The summed E-state index contributed by atoms with van der Waals surface area (Å²) in [6, 6.07) is 13.6. The average Bonchev–Trinajstić information content (AvgIpc) is 2.82. The van der Waals surface area contributed by atoms with Crippen LogP contribution in [0.15, 0.2) is 54.6 Å². The van der Waals surface area contributed by atoms with Gasteiger partial charge in [-0.1, -0.05) is 24.3 Å². The number of likely N-dealkylation sites (tertiary alicyclic amines) is 1. The van der Waals surface area contributed by atoms with Crippen LogP contribution >= 0.6 is 0 Å². The van der Waals surface area contributed by atoms with E-state index in [4.69, 9.17) is 4.74 Å². The minimum atomic E-state index is -0.731. The van der Waals surface area contributed by atoms with Gasteiger partial charge in [0, 0.05) is 37.9 Å². The summed E-state index contributed by atoms with van der Waals surface area (Å²) in [4.78, 5) is 39.9. The molecule has 1 unspecified atom stereocenters. The summed E-state index contributed by atoms with van der Waals surface area (Å²) < 4.78 is 18.5. The number of halogens is 1. The monoisotopic (exact) mass is 441 g/mol. The molecule has 1 atom stereocenters. The Morgan fingerprint density at radius 3 is 2.41 bits per heavy atom. The van der Waals surface area contributed by atoms with Gasteiger partial charge in [-0.15, -0.1) is 0 Å². The van der Waals surface area contributed by atoms with Gasteiger partial charge in [0.05, 0.1) is 6.61 Å². The van der Waals surface area contributed by atoms with Gasteiger partial charge in [-0.25, -0.2) is 4.39 Å². The number of methoxy groups -OCH3 is 1. The van der Waals surface area contributed by atoms with Crippen LogP contribution in [0.5, 0.6) is 0 Å². The van der Waals surface area contributed by atoms with Gasteiger partial charge in [-0.3, -0.25) is 14.4 Å². The first-order valence-corrected chi connectivity index (χ1v) is 10.7. The van der Waals surface area contributed by atoms with E-state index in [0.717, 1.165) is 0 Å². The minimum absolute atomic E-state index is 0.137. The van der Waals surface area contributed by atoms with Gasteiger partial charge in [-0.2, -0.15) is 0 Å². The van der Waals surface area contributed by atoms with E-state index in [-0.39, 0.29) is 23.6 Å². The molecule has 1 fully saturated rings. The van der Waals surface area contributed by atoms with Crippen molar-refractivity contribution in [2.45, 2.75) is 18.9 Å². The molecule has 170 valence electrons. The molecule has 0 spiro atoms. The molecule has 1 saturated heterocycles. The van der Waals surface area contributed by atoms with E-state index >= 15 is 0 Å². The normalized spacial score (nSPS) is 15.1. The Bertz CT molecular complexity index is 930. The highest BCUT2D eigenvalue weighted by Gasteiger charge is 2.34. The van der Waals surface area contributed by atoms with Crippen LogP contribution in [-0.2, 0) is 9.53 Å². The Labute approximate surface area is 186 Å². The molecule has 3 rings (SSSR count). The van der Waals surface area contributed by atoms with Crippen molar-refractivity contribution in [2.24, 2.45) is 5.92 Å². The number of nitrogens with zero attached hydrogens (tertiary/aromatic N) is 1. The third-order valence-corrected chi connectivity index (χ3v) is 5.58. The molecule has 2 aromatic carbocycles. The lowest BCUT2D eigenvalue weighted by Gasteiger charge is -2.36. The largest absolute Gasteiger partial charge is 0.383 e. The first-order valence-electron chi connectivity index (χ1n) is 10.7. The summed E-state index contributed by atoms with van der Waals surface area (Å²) in [7, 11) is 1.55. The summed E-state index contributed by atoms with van der Waals surface area (Å²) in [6.07, 6.45) is 1.08. The fourth-order valence-electron chi connectivity index (χ4n) is 3.84. The number of piperidine rings is 1. The predicted octanol–water partition coefficient (Wildman–Crippen LogP) is 2.24. The average molecular weight is 442 g/mol. The molecule has 0 aromatic heterocycles. The molecule has 7 nitrogen and oxygen atoms in total. The lowest BCUT2D eigenvalue weighted by molar-refractivity contribution is -0.124. The van der Waals surface area contributed by atoms with Gasteiger partial charge in [0.1, 0.15) is 11.9 Å². The van der Waals surface area contributed by atoms with Crippen LogP contribution in [0.2, 0.25) is 0 Å². The summed E-state index contributed by atoms with van der Waals surface area (Å²) in [5.74, 6) is -1.43. The number of hydrogen-bond donors (Lipinski definition) is 2. The smallest absolute Gasteiger partial charge is 0.253 e. The van der Waals surface area contributed by atoms with E-state index in [1.54, 1.807) is 42.3 Å². The van der Waals surface area contributed by atoms with E-state index in [1.807, 2.05) is 6.07 Å². The fraction of sp³-hybridized carbons (Fsp3) is 0.375. The highest BCUT2D eigenvalue weighted by molar-refractivity contribution is 5.97. The number of rotatable bonds is 8. The summed E-state index contributed by atoms with van der Waals surface area (Å²) >= 11 is 0. The second kappa shape index (κ2) is 11.4. The van der Waals surface area contributed by atoms with Gasteiger partial charge in [-0.05, 0) is 49.1 Å². The maximum absolute atomic E-state index is 13.5. The molecule has 1 heterocycles. The lowest BCUT2D eigenvalue weighted by Crippen LogP contribution is -2.54. The van der Waals surface area contributed by atoms with Gasteiger partial charge < -0.3 is 20.3 Å². The van der Waals surface area contributed by atoms with Crippen LogP contribution in [0.3, 0.4) is 0 Å². The Balaban J connectivity index is 1.66. The summed E-state index contributed by atoms with van der Waals surface area (Å²) in [6.45, 7) is 1.54. The molecule has 0 bridgehead atoms. The predicted molar refractivity (Wildman–Crippen MR) is 118 cm³/mol. The molecule has 1 aliphatic heterocycles. The van der Waals surface area contributed by atoms with E-state index in [2.05, 4.69) is 10.6 Å². The maximum atomic E-state index is 13.5. The fourth-order valence-corrected chi connectivity index (χ4v) is 3.84. The quantitative estimate of drug-likeness (QED) is 0.615.